The van der Waals surface area contributed by atoms with Crippen molar-refractivity contribution < 1.29 is 18.7 Å². The number of carbonyl (C=O) groups excluding carboxylic acids is 2. The Labute approximate surface area is 97.7 Å². The molecule has 0 aliphatic carbocycles. The minimum Gasteiger partial charge on any atom is -0.465 e. The number of anilines is 1. The van der Waals surface area contributed by atoms with Crippen LogP contribution in [0.15, 0.2) is 18.2 Å². The Balaban J connectivity index is 2.61. The van der Waals surface area contributed by atoms with E-state index in [2.05, 4.69) is 10.1 Å². The molecule has 0 saturated heterocycles. The summed E-state index contributed by atoms with van der Waals surface area (Å²) in [6.45, 7) is 1.64. The topological polar surface area (TPSA) is 81.4 Å². The Bertz CT molecular complexity index is 414. The number of halogens is 1. The van der Waals surface area contributed by atoms with E-state index in [-0.39, 0.29) is 24.4 Å². The highest BCUT2D eigenvalue weighted by molar-refractivity contribution is 5.96. The fourth-order valence-corrected chi connectivity index (χ4v) is 1.21. The van der Waals surface area contributed by atoms with Gasteiger partial charge in [-0.25, -0.2) is 4.39 Å². The number of nitrogens with two attached hydrogens (primary N) is 1. The normalized spacial score (nSPS) is 9.76. The maximum atomic E-state index is 13.0. The van der Waals surface area contributed by atoms with Crippen LogP contribution in [0.3, 0.4) is 0 Å². The van der Waals surface area contributed by atoms with Gasteiger partial charge in [-0.1, -0.05) is 0 Å². The number of amides is 1. The van der Waals surface area contributed by atoms with Gasteiger partial charge in [-0.05, 0) is 25.1 Å². The quantitative estimate of drug-likeness (QED) is 0.599. The molecule has 3 N–H and O–H groups in total. The minimum atomic E-state index is -0.605. The third kappa shape index (κ3) is 4.10. The number of carbonyl (C=O) groups is 2. The standard InChI is InChI=1S/C11H13FN2O3/c1-2-17-10(15)6-14-11(16)7-3-8(12)5-9(13)4-7/h3-5H,2,6,13H2,1H3,(H,14,16). The second-order valence-electron chi connectivity index (χ2n) is 3.26. The summed E-state index contributed by atoms with van der Waals surface area (Å²) < 4.78 is 17.6. The average Bonchev–Trinajstić information content (AvgIpc) is 2.25. The monoisotopic (exact) mass is 240 g/mol. The second-order valence-corrected chi connectivity index (χ2v) is 3.26. The molecule has 0 aromatic heterocycles. The van der Waals surface area contributed by atoms with Gasteiger partial charge in [-0.3, -0.25) is 9.59 Å². The third-order valence-corrected chi connectivity index (χ3v) is 1.88. The van der Waals surface area contributed by atoms with Gasteiger partial charge in [0.2, 0.25) is 0 Å². The van der Waals surface area contributed by atoms with Crippen LogP contribution in [0.4, 0.5) is 10.1 Å². The van der Waals surface area contributed by atoms with E-state index in [1.54, 1.807) is 6.92 Å². The van der Waals surface area contributed by atoms with E-state index in [4.69, 9.17) is 5.73 Å². The molecule has 6 heteroatoms. The van der Waals surface area contributed by atoms with Crippen LogP contribution in [0, 0.1) is 5.82 Å². The Hall–Kier alpha value is -2.11. The number of benzene rings is 1. The molecule has 0 fully saturated rings. The minimum absolute atomic E-state index is 0.0619. The van der Waals surface area contributed by atoms with E-state index < -0.39 is 17.7 Å². The van der Waals surface area contributed by atoms with Crippen molar-refractivity contribution in [2.75, 3.05) is 18.9 Å². The summed E-state index contributed by atoms with van der Waals surface area (Å²) in [6.07, 6.45) is 0. The Morgan fingerprint density at radius 3 is 2.71 bits per heavy atom. The maximum Gasteiger partial charge on any atom is 0.325 e. The van der Waals surface area contributed by atoms with E-state index in [1.165, 1.54) is 6.07 Å². The molecule has 1 aromatic rings. The SMILES string of the molecule is CCOC(=O)CNC(=O)c1cc(N)cc(F)c1. The summed E-state index contributed by atoms with van der Waals surface area (Å²) >= 11 is 0. The number of hydrogen-bond acceptors (Lipinski definition) is 4. The number of rotatable bonds is 4. The van der Waals surface area contributed by atoms with Crippen LogP contribution >= 0.6 is 0 Å². The first kappa shape index (κ1) is 13.0. The number of hydrogen-bond donors (Lipinski definition) is 2. The summed E-state index contributed by atoms with van der Waals surface area (Å²) in [5, 5.41) is 2.30. The van der Waals surface area contributed by atoms with E-state index in [1.807, 2.05) is 0 Å². The van der Waals surface area contributed by atoms with Gasteiger partial charge >= 0.3 is 5.97 Å². The highest BCUT2D eigenvalue weighted by Crippen LogP contribution is 2.10. The molecule has 1 amide bonds. The van der Waals surface area contributed by atoms with Crippen molar-refractivity contribution in [2.24, 2.45) is 0 Å². The van der Waals surface area contributed by atoms with Gasteiger partial charge < -0.3 is 15.8 Å². The van der Waals surface area contributed by atoms with Crippen LogP contribution in [0.25, 0.3) is 0 Å². The van der Waals surface area contributed by atoms with E-state index >= 15 is 0 Å². The van der Waals surface area contributed by atoms with Gasteiger partial charge in [0.1, 0.15) is 12.4 Å². The van der Waals surface area contributed by atoms with Gasteiger partial charge in [0, 0.05) is 11.3 Å². The summed E-state index contributed by atoms with van der Waals surface area (Å²) in [4.78, 5) is 22.5. The highest BCUT2D eigenvalue weighted by atomic mass is 19.1. The van der Waals surface area contributed by atoms with Crippen LogP contribution in [-0.2, 0) is 9.53 Å². The largest absolute Gasteiger partial charge is 0.465 e. The predicted molar refractivity (Wildman–Crippen MR) is 59.8 cm³/mol. The zero-order valence-electron chi connectivity index (χ0n) is 9.33. The molecule has 0 saturated carbocycles. The molecule has 0 bridgehead atoms. The second kappa shape index (κ2) is 5.83. The average molecular weight is 240 g/mol. The highest BCUT2D eigenvalue weighted by Gasteiger charge is 2.10. The lowest BCUT2D eigenvalue weighted by Gasteiger charge is -2.05. The molecule has 0 unspecified atom stereocenters. The van der Waals surface area contributed by atoms with Crippen LogP contribution in [0.5, 0.6) is 0 Å². The van der Waals surface area contributed by atoms with Gasteiger partial charge in [0.05, 0.1) is 6.61 Å². The summed E-state index contributed by atoms with van der Waals surface area (Å²) in [5.74, 6) is -1.74. The molecule has 0 atom stereocenters. The van der Waals surface area contributed by atoms with E-state index in [9.17, 15) is 14.0 Å². The number of nitrogens with one attached hydrogen (secondary N) is 1. The smallest absolute Gasteiger partial charge is 0.325 e. The summed E-state index contributed by atoms with van der Waals surface area (Å²) in [5.41, 5.74) is 5.60. The van der Waals surface area contributed by atoms with Gasteiger partial charge in [0.25, 0.3) is 5.91 Å². The van der Waals surface area contributed by atoms with Crippen molar-refractivity contribution in [3.63, 3.8) is 0 Å². The van der Waals surface area contributed by atoms with Crippen LogP contribution in [-0.4, -0.2) is 25.0 Å². The molecule has 0 radical (unpaired) electrons. The van der Waals surface area contributed by atoms with Crippen LogP contribution < -0.4 is 11.1 Å². The maximum absolute atomic E-state index is 13.0. The molecular weight excluding hydrogens is 227 g/mol. The molecule has 0 aliphatic rings. The van der Waals surface area contributed by atoms with Crippen molar-refractivity contribution in [3.05, 3.63) is 29.6 Å². The number of nitrogen functional groups attached to an aromatic ring is 1. The lowest BCUT2D eigenvalue weighted by Crippen LogP contribution is -2.30. The Kier molecular flexibility index (Phi) is 4.45. The lowest BCUT2D eigenvalue weighted by atomic mass is 10.2. The molecular formula is C11H13FN2O3. The molecule has 1 rings (SSSR count). The van der Waals surface area contributed by atoms with Crippen molar-refractivity contribution in [1.82, 2.24) is 5.32 Å². The van der Waals surface area contributed by atoms with Crippen molar-refractivity contribution in [1.29, 1.82) is 0 Å². The first-order valence-corrected chi connectivity index (χ1v) is 5.02. The van der Waals surface area contributed by atoms with E-state index in [0.29, 0.717) is 0 Å². The molecule has 1 aromatic carbocycles. The molecule has 0 heterocycles. The molecule has 0 aliphatic heterocycles. The van der Waals surface area contributed by atoms with Gasteiger partial charge in [0.15, 0.2) is 0 Å². The number of esters is 1. The Morgan fingerprint density at radius 1 is 1.41 bits per heavy atom. The molecule has 92 valence electrons. The van der Waals surface area contributed by atoms with Gasteiger partial charge in [-0.2, -0.15) is 0 Å². The summed E-state index contributed by atoms with van der Waals surface area (Å²) in [6, 6.07) is 3.46. The first-order valence-electron chi connectivity index (χ1n) is 5.02. The van der Waals surface area contributed by atoms with Crippen LogP contribution in [0.1, 0.15) is 17.3 Å². The fraction of sp³-hybridized carbons (Fsp3) is 0.273. The Morgan fingerprint density at radius 2 is 2.12 bits per heavy atom. The lowest BCUT2D eigenvalue weighted by molar-refractivity contribution is -0.141. The molecule has 5 nitrogen and oxygen atoms in total. The zero-order valence-corrected chi connectivity index (χ0v) is 9.33. The third-order valence-electron chi connectivity index (χ3n) is 1.88. The van der Waals surface area contributed by atoms with Crippen LogP contribution in [0.2, 0.25) is 0 Å². The van der Waals surface area contributed by atoms with Gasteiger partial charge in [-0.15, -0.1) is 0 Å². The molecule has 17 heavy (non-hydrogen) atoms. The fourth-order valence-electron chi connectivity index (χ4n) is 1.21. The summed E-state index contributed by atoms with van der Waals surface area (Å²) in [7, 11) is 0. The first-order chi connectivity index (χ1) is 8.02. The molecule has 0 spiro atoms. The number of ether oxygens (including phenoxy) is 1. The zero-order chi connectivity index (χ0) is 12.8. The van der Waals surface area contributed by atoms with Crippen molar-refractivity contribution >= 4 is 17.6 Å². The van der Waals surface area contributed by atoms with Crippen molar-refractivity contribution in [2.45, 2.75) is 6.92 Å². The van der Waals surface area contributed by atoms with E-state index in [0.717, 1.165) is 12.1 Å². The predicted octanol–water partition coefficient (Wildman–Crippen LogP) is 0.701. The van der Waals surface area contributed by atoms with Crippen molar-refractivity contribution in [3.8, 4) is 0 Å².